The van der Waals surface area contributed by atoms with Gasteiger partial charge in [0.1, 0.15) is 17.1 Å². The van der Waals surface area contributed by atoms with E-state index in [4.69, 9.17) is 11.6 Å². The fourth-order valence-electron chi connectivity index (χ4n) is 2.61. The maximum Gasteiger partial charge on any atom is 0.244 e. The zero-order valence-corrected chi connectivity index (χ0v) is 19.4. The third kappa shape index (κ3) is 5.67. The third-order valence-electron chi connectivity index (χ3n) is 4.15. The lowest BCUT2D eigenvalue weighted by atomic mass is 10.3. The van der Waals surface area contributed by atoms with Crippen molar-refractivity contribution < 1.29 is 17.6 Å². The molecule has 0 radical (unpaired) electrons. The van der Waals surface area contributed by atoms with Gasteiger partial charge < -0.3 is 4.90 Å². The topological polar surface area (TPSA) is 70.6 Å². The molecule has 0 saturated carbocycles. The average molecular weight is 492 g/mol. The zero-order valence-electron chi connectivity index (χ0n) is 16.2. The number of aromatic nitrogens is 1. The largest absolute Gasteiger partial charge is 0.308 e. The summed E-state index contributed by atoms with van der Waals surface area (Å²) in [5, 5.41) is 0.669. The van der Waals surface area contributed by atoms with Crippen molar-refractivity contribution in [3.05, 3.63) is 53.3 Å². The summed E-state index contributed by atoms with van der Waals surface area (Å²) in [4.78, 5) is 20.4. The fourth-order valence-corrected chi connectivity index (χ4v) is 4.96. The van der Waals surface area contributed by atoms with Crippen molar-refractivity contribution in [1.29, 1.82) is 0 Å². The number of thiazole rings is 1. The van der Waals surface area contributed by atoms with E-state index in [2.05, 4.69) is 4.98 Å². The van der Waals surface area contributed by atoms with Gasteiger partial charge in [0.05, 0.1) is 9.60 Å². The summed E-state index contributed by atoms with van der Waals surface area (Å²) < 4.78 is 40.0. The molecule has 0 saturated heterocycles. The number of para-hydroxylation sites is 1. The smallest absolute Gasteiger partial charge is 0.244 e. The van der Waals surface area contributed by atoms with Crippen LogP contribution in [0.15, 0.2) is 47.4 Å². The van der Waals surface area contributed by atoms with E-state index in [1.807, 2.05) is 19.0 Å². The Morgan fingerprint density at radius 1 is 1.13 bits per heavy atom. The SMILES string of the molecule is CN(C)CCN(C(=O)CS(=O)(=O)c1ccc(Cl)cc1)c1nc2c(F)cccc2s1.Cl. The molecule has 0 aliphatic rings. The average Bonchev–Trinajstić information content (AvgIpc) is 3.07. The summed E-state index contributed by atoms with van der Waals surface area (Å²) >= 11 is 6.95. The second kappa shape index (κ2) is 10.0. The molecule has 0 aliphatic carbocycles. The number of hydrogen-bond acceptors (Lipinski definition) is 6. The van der Waals surface area contributed by atoms with Crippen LogP contribution in [0.3, 0.4) is 0 Å². The van der Waals surface area contributed by atoms with Crippen LogP contribution in [0, 0.1) is 5.82 Å². The Morgan fingerprint density at radius 2 is 1.80 bits per heavy atom. The van der Waals surface area contributed by atoms with Gasteiger partial charge in [-0.05, 0) is 50.5 Å². The molecule has 1 amide bonds. The van der Waals surface area contributed by atoms with Gasteiger partial charge in [-0.3, -0.25) is 9.69 Å². The first-order chi connectivity index (χ1) is 13.7. The molecule has 0 spiro atoms. The Labute approximate surface area is 189 Å². The summed E-state index contributed by atoms with van der Waals surface area (Å²) in [6, 6.07) is 10.2. The Bertz CT molecular complexity index is 1140. The van der Waals surface area contributed by atoms with Gasteiger partial charge >= 0.3 is 0 Å². The molecule has 162 valence electrons. The maximum atomic E-state index is 14.0. The highest BCUT2D eigenvalue weighted by atomic mass is 35.5. The summed E-state index contributed by atoms with van der Waals surface area (Å²) in [5.74, 6) is -1.83. The molecular formula is C19H20Cl2FN3O3S2. The number of halogens is 3. The minimum atomic E-state index is -3.87. The number of rotatable bonds is 7. The molecule has 30 heavy (non-hydrogen) atoms. The summed E-state index contributed by atoms with van der Waals surface area (Å²) in [6.45, 7) is 0.717. The molecule has 0 unspecified atom stereocenters. The maximum absolute atomic E-state index is 14.0. The van der Waals surface area contributed by atoms with Crippen molar-refractivity contribution in [3.8, 4) is 0 Å². The van der Waals surface area contributed by atoms with Gasteiger partial charge in [-0.25, -0.2) is 17.8 Å². The van der Waals surface area contributed by atoms with E-state index in [-0.39, 0.29) is 34.5 Å². The highest BCUT2D eigenvalue weighted by Gasteiger charge is 2.27. The van der Waals surface area contributed by atoms with Crippen LogP contribution in [0.1, 0.15) is 0 Å². The van der Waals surface area contributed by atoms with E-state index in [9.17, 15) is 17.6 Å². The van der Waals surface area contributed by atoms with E-state index in [0.717, 1.165) is 11.3 Å². The van der Waals surface area contributed by atoms with Crippen LogP contribution in [0.4, 0.5) is 9.52 Å². The van der Waals surface area contributed by atoms with Gasteiger partial charge in [0, 0.05) is 18.1 Å². The van der Waals surface area contributed by atoms with Crippen molar-refractivity contribution in [1.82, 2.24) is 9.88 Å². The first-order valence-electron chi connectivity index (χ1n) is 8.66. The van der Waals surface area contributed by atoms with Gasteiger partial charge in [-0.2, -0.15) is 0 Å². The number of likely N-dealkylation sites (N-methyl/N-ethyl adjacent to an activating group) is 1. The van der Waals surface area contributed by atoms with Crippen molar-refractivity contribution in [2.45, 2.75) is 4.90 Å². The predicted octanol–water partition coefficient (Wildman–Crippen LogP) is 3.88. The number of fused-ring (bicyclic) bond motifs is 1. The van der Waals surface area contributed by atoms with Gasteiger partial charge in [0.2, 0.25) is 5.91 Å². The third-order valence-corrected chi connectivity index (χ3v) is 7.06. The lowest BCUT2D eigenvalue weighted by Gasteiger charge is -2.22. The highest BCUT2D eigenvalue weighted by Crippen LogP contribution is 2.30. The molecule has 0 N–H and O–H groups in total. The first kappa shape index (κ1) is 24.5. The number of nitrogens with zero attached hydrogens (tertiary/aromatic N) is 3. The molecule has 0 fully saturated rings. The van der Waals surface area contributed by atoms with E-state index in [1.54, 1.807) is 12.1 Å². The molecule has 6 nitrogen and oxygen atoms in total. The normalized spacial score (nSPS) is 11.5. The Kier molecular flexibility index (Phi) is 8.18. The minimum absolute atomic E-state index is 0. The van der Waals surface area contributed by atoms with Crippen LogP contribution in [0.25, 0.3) is 10.2 Å². The predicted molar refractivity (Wildman–Crippen MR) is 121 cm³/mol. The minimum Gasteiger partial charge on any atom is -0.308 e. The molecule has 3 aromatic rings. The van der Waals surface area contributed by atoms with Crippen molar-refractivity contribution >= 4 is 66.4 Å². The molecule has 1 heterocycles. The standard InChI is InChI=1S/C19H19ClFN3O3S2.ClH/c1-23(2)10-11-24(19-22-18-15(21)4-3-5-16(18)28-19)17(25)12-29(26,27)14-8-6-13(20)7-9-14;/h3-9H,10-12H2,1-2H3;1H. The van der Waals surface area contributed by atoms with Crippen LogP contribution in [-0.4, -0.2) is 57.1 Å². The lowest BCUT2D eigenvalue weighted by molar-refractivity contribution is -0.116. The number of benzene rings is 2. The van der Waals surface area contributed by atoms with Crippen LogP contribution in [0.2, 0.25) is 5.02 Å². The molecule has 0 atom stereocenters. The number of hydrogen-bond donors (Lipinski definition) is 0. The fraction of sp³-hybridized carbons (Fsp3) is 0.263. The van der Waals surface area contributed by atoms with E-state index in [1.165, 1.54) is 35.2 Å². The zero-order chi connectivity index (χ0) is 21.2. The quantitative estimate of drug-likeness (QED) is 0.501. The van der Waals surface area contributed by atoms with Gasteiger partial charge in [-0.15, -0.1) is 12.4 Å². The summed E-state index contributed by atoms with van der Waals surface area (Å²) in [7, 11) is -0.190. The Hall–Kier alpha value is -1.78. The second-order valence-electron chi connectivity index (χ2n) is 6.64. The summed E-state index contributed by atoms with van der Waals surface area (Å²) in [5.41, 5.74) is 0.163. The molecule has 0 bridgehead atoms. The van der Waals surface area contributed by atoms with Gasteiger partial charge in [0.15, 0.2) is 15.0 Å². The van der Waals surface area contributed by atoms with Crippen LogP contribution in [0.5, 0.6) is 0 Å². The molecule has 3 rings (SSSR count). The van der Waals surface area contributed by atoms with Crippen LogP contribution < -0.4 is 4.90 Å². The van der Waals surface area contributed by atoms with Gasteiger partial charge in [-0.1, -0.05) is 29.0 Å². The Balaban J connectivity index is 0.00000320. The molecule has 2 aromatic carbocycles. The number of amides is 1. The Morgan fingerprint density at radius 3 is 2.40 bits per heavy atom. The highest BCUT2D eigenvalue weighted by molar-refractivity contribution is 7.92. The number of carbonyl (C=O) groups excluding carboxylic acids is 1. The monoisotopic (exact) mass is 491 g/mol. The van der Waals surface area contributed by atoms with Crippen molar-refractivity contribution in [2.24, 2.45) is 0 Å². The number of carbonyl (C=O) groups is 1. The summed E-state index contributed by atoms with van der Waals surface area (Å²) in [6.07, 6.45) is 0. The molecule has 0 aliphatic heterocycles. The van der Waals surface area contributed by atoms with Crippen molar-refractivity contribution in [3.63, 3.8) is 0 Å². The lowest BCUT2D eigenvalue weighted by Crippen LogP contribution is -2.40. The second-order valence-corrected chi connectivity index (χ2v) is 10.1. The van der Waals surface area contributed by atoms with Gasteiger partial charge in [0.25, 0.3) is 0 Å². The molecule has 11 heteroatoms. The molecule has 1 aromatic heterocycles. The van der Waals surface area contributed by atoms with E-state index in [0.29, 0.717) is 16.3 Å². The van der Waals surface area contributed by atoms with Crippen LogP contribution in [-0.2, 0) is 14.6 Å². The number of sulfone groups is 1. The van der Waals surface area contributed by atoms with E-state index >= 15 is 0 Å². The molecular weight excluding hydrogens is 472 g/mol. The van der Waals surface area contributed by atoms with E-state index < -0.39 is 27.3 Å². The van der Waals surface area contributed by atoms with Crippen LogP contribution >= 0.6 is 35.3 Å². The number of anilines is 1. The first-order valence-corrected chi connectivity index (χ1v) is 11.5. The van der Waals surface area contributed by atoms with Crippen molar-refractivity contribution in [2.75, 3.05) is 37.8 Å².